The molecule has 0 spiro atoms. The van der Waals surface area contributed by atoms with Crippen molar-refractivity contribution in [3.63, 3.8) is 0 Å². The monoisotopic (exact) mass is 745 g/mol. The Bertz CT molecular complexity index is 874. The van der Waals surface area contributed by atoms with Crippen LogP contribution in [0.5, 0.6) is 0 Å². The number of allylic oxidation sites excluding steroid dienone is 3. The molecule has 0 aromatic carbocycles. The number of carbonyl (C=O) groups is 1. The third-order valence-corrected chi connectivity index (χ3v) is 10.1. The predicted octanol–water partition coefficient (Wildman–Crippen LogP) is 12.4. The lowest BCUT2D eigenvalue weighted by Crippen LogP contribution is -2.37. The number of ether oxygens (including phenoxy) is 2. The van der Waals surface area contributed by atoms with E-state index < -0.39 is 13.9 Å². The fourth-order valence-corrected chi connectivity index (χ4v) is 6.49. The highest BCUT2D eigenvalue weighted by molar-refractivity contribution is 7.47. The average molecular weight is 745 g/mol. The van der Waals surface area contributed by atoms with Gasteiger partial charge in [0, 0.05) is 6.42 Å². The molecule has 0 saturated carbocycles. The quantitative estimate of drug-likeness (QED) is 0.0167. The molecule has 51 heavy (non-hydrogen) atoms. The van der Waals surface area contributed by atoms with Crippen LogP contribution in [0.25, 0.3) is 0 Å². The summed E-state index contributed by atoms with van der Waals surface area (Å²) in [4.78, 5) is 22.8. The molecule has 0 aliphatic rings. The van der Waals surface area contributed by atoms with E-state index in [1.807, 2.05) is 27.2 Å². The summed E-state index contributed by atoms with van der Waals surface area (Å²) in [6.45, 7) is 4.92. The van der Waals surface area contributed by atoms with Gasteiger partial charge in [0.1, 0.15) is 19.8 Å². The minimum absolute atomic E-state index is 0.0476. The summed E-state index contributed by atoms with van der Waals surface area (Å²) in [5.41, 5.74) is 0. The minimum Gasteiger partial charge on any atom is -0.498 e. The van der Waals surface area contributed by atoms with Crippen LogP contribution in [0.15, 0.2) is 24.5 Å². The molecule has 1 unspecified atom stereocenters. The van der Waals surface area contributed by atoms with E-state index in [0.717, 1.165) is 44.9 Å². The SMILES string of the molecule is CCCCCCCC/C=C\CCCCCCCC(=O)O[C@H](COC=CCCCCCCCCCCCCCC)COP(=O)(O)OCC[N+](C)(C)C. The summed E-state index contributed by atoms with van der Waals surface area (Å²) in [6.07, 6.45) is 40.1. The van der Waals surface area contributed by atoms with E-state index in [1.54, 1.807) is 6.26 Å². The predicted molar refractivity (Wildman–Crippen MR) is 215 cm³/mol. The number of phosphoric acid groups is 1. The summed E-state index contributed by atoms with van der Waals surface area (Å²) in [5.74, 6) is -0.343. The van der Waals surface area contributed by atoms with Gasteiger partial charge in [0.25, 0.3) is 0 Å². The van der Waals surface area contributed by atoms with Crippen molar-refractivity contribution in [1.82, 2.24) is 0 Å². The molecule has 1 N–H and O–H groups in total. The highest BCUT2D eigenvalue weighted by atomic mass is 31.2. The maximum Gasteiger partial charge on any atom is 0.472 e. The number of hydrogen-bond acceptors (Lipinski definition) is 6. The van der Waals surface area contributed by atoms with E-state index in [0.29, 0.717) is 17.4 Å². The maximum absolute atomic E-state index is 12.6. The molecule has 8 nitrogen and oxygen atoms in total. The first kappa shape index (κ1) is 49.8. The van der Waals surface area contributed by atoms with Crippen molar-refractivity contribution in [3.8, 4) is 0 Å². The lowest BCUT2D eigenvalue weighted by atomic mass is 10.0. The summed E-state index contributed by atoms with van der Waals surface area (Å²) in [6, 6.07) is 0. The van der Waals surface area contributed by atoms with Gasteiger partial charge in [-0.05, 0) is 51.0 Å². The molecular formula is C42H83NO7P+. The van der Waals surface area contributed by atoms with Crippen LogP contribution in [0.2, 0.25) is 0 Å². The van der Waals surface area contributed by atoms with Gasteiger partial charge in [-0.1, -0.05) is 148 Å². The van der Waals surface area contributed by atoms with Crippen molar-refractivity contribution in [3.05, 3.63) is 24.5 Å². The maximum atomic E-state index is 12.6. The van der Waals surface area contributed by atoms with Gasteiger partial charge in [-0.2, -0.15) is 0 Å². The summed E-state index contributed by atoms with van der Waals surface area (Å²) >= 11 is 0. The third kappa shape index (κ3) is 39.9. The van der Waals surface area contributed by atoms with Crippen LogP contribution >= 0.6 is 7.82 Å². The highest BCUT2D eigenvalue weighted by Gasteiger charge is 2.26. The lowest BCUT2D eigenvalue weighted by molar-refractivity contribution is -0.870. The number of hydrogen-bond donors (Lipinski definition) is 1. The van der Waals surface area contributed by atoms with Crippen molar-refractivity contribution in [2.24, 2.45) is 0 Å². The van der Waals surface area contributed by atoms with Gasteiger partial charge in [-0.3, -0.25) is 13.8 Å². The molecule has 0 fully saturated rings. The number of rotatable bonds is 39. The molecule has 0 aliphatic heterocycles. The summed E-state index contributed by atoms with van der Waals surface area (Å²) < 4.78 is 34.7. The van der Waals surface area contributed by atoms with Crippen molar-refractivity contribution in [2.75, 3.05) is 47.5 Å². The van der Waals surface area contributed by atoms with Crippen LogP contribution in [0.1, 0.15) is 187 Å². The van der Waals surface area contributed by atoms with Gasteiger partial charge < -0.3 is 18.9 Å². The lowest BCUT2D eigenvalue weighted by Gasteiger charge is -2.24. The van der Waals surface area contributed by atoms with Crippen LogP contribution < -0.4 is 0 Å². The fraction of sp³-hybridized carbons (Fsp3) is 0.881. The van der Waals surface area contributed by atoms with E-state index in [2.05, 4.69) is 26.0 Å². The molecule has 0 saturated heterocycles. The van der Waals surface area contributed by atoms with Gasteiger partial charge in [-0.15, -0.1) is 0 Å². The Hall–Kier alpha value is -1.18. The van der Waals surface area contributed by atoms with E-state index in [9.17, 15) is 14.3 Å². The Kier molecular flexibility index (Phi) is 35.0. The Morgan fingerprint density at radius 2 is 1.04 bits per heavy atom. The zero-order valence-corrected chi connectivity index (χ0v) is 35.0. The Labute approximate surface area is 315 Å². The van der Waals surface area contributed by atoms with Crippen molar-refractivity contribution in [1.29, 1.82) is 0 Å². The number of quaternary nitrogens is 1. The van der Waals surface area contributed by atoms with Crippen molar-refractivity contribution < 1.29 is 37.3 Å². The Balaban J connectivity index is 4.32. The van der Waals surface area contributed by atoms with Crippen LogP contribution in [-0.2, 0) is 27.9 Å². The fourth-order valence-electron chi connectivity index (χ4n) is 5.75. The van der Waals surface area contributed by atoms with Crippen LogP contribution in [-0.4, -0.2) is 69.0 Å². The smallest absolute Gasteiger partial charge is 0.472 e. The zero-order valence-electron chi connectivity index (χ0n) is 34.1. The van der Waals surface area contributed by atoms with Gasteiger partial charge in [-0.25, -0.2) is 4.57 Å². The molecule has 0 amide bonds. The van der Waals surface area contributed by atoms with Crippen LogP contribution in [0.3, 0.4) is 0 Å². The molecule has 2 atom stereocenters. The first-order valence-electron chi connectivity index (χ1n) is 21.1. The van der Waals surface area contributed by atoms with Gasteiger partial charge in [0.15, 0.2) is 6.10 Å². The second kappa shape index (κ2) is 35.8. The van der Waals surface area contributed by atoms with Crippen LogP contribution in [0, 0.1) is 0 Å². The van der Waals surface area contributed by atoms with E-state index in [4.69, 9.17) is 18.5 Å². The number of phosphoric ester groups is 1. The number of nitrogens with zero attached hydrogens (tertiary/aromatic N) is 1. The van der Waals surface area contributed by atoms with Gasteiger partial charge in [0.05, 0.1) is 34.0 Å². The average Bonchev–Trinajstić information content (AvgIpc) is 3.08. The summed E-state index contributed by atoms with van der Waals surface area (Å²) in [7, 11) is 1.63. The molecule has 9 heteroatoms. The van der Waals surface area contributed by atoms with Crippen LogP contribution in [0.4, 0.5) is 0 Å². The molecule has 0 radical (unpaired) electrons. The topological polar surface area (TPSA) is 91.3 Å². The number of unbranched alkanes of at least 4 members (excludes halogenated alkanes) is 23. The molecule has 302 valence electrons. The molecular weight excluding hydrogens is 661 g/mol. The normalized spacial score (nSPS) is 14.0. The first-order valence-corrected chi connectivity index (χ1v) is 22.6. The molecule has 0 aromatic rings. The van der Waals surface area contributed by atoms with Crippen molar-refractivity contribution in [2.45, 2.75) is 193 Å². The molecule has 0 aromatic heterocycles. The Morgan fingerprint density at radius 3 is 1.51 bits per heavy atom. The number of esters is 1. The minimum atomic E-state index is -4.29. The standard InChI is InChI=1S/C42H82NO7P/c1-6-8-10-12-14-16-18-20-22-23-25-27-29-31-33-35-42(44)50-41(40-49-51(45,46)48-38-36-43(3,4)5)39-47-37-34-32-30-28-26-24-21-19-17-15-13-11-9-7-2/h20,22,34,37,41H,6-19,21,23-33,35-36,38-40H2,1-5H3/p+1/b22-20-,37-34?/t41-/m1/s1. The zero-order chi connectivity index (χ0) is 37.7. The third-order valence-electron chi connectivity index (χ3n) is 9.08. The van der Waals surface area contributed by atoms with Gasteiger partial charge >= 0.3 is 13.8 Å². The molecule has 0 bridgehead atoms. The Morgan fingerprint density at radius 1 is 0.608 bits per heavy atom. The number of likely N-dealkylation sites (N-methyl/N-ethyl adjacent to an activating group) is 1. The second-order valence-electron chi connectivity index (χ2n) is 15.4. The van der Waals surface area contributed by atoms with Gasteiger partial charge in [0.2, 0.25) is 0 Å². The molecule has 0 rings (SSSR count). The summed E-state index contributed by atoms with van der Waals surface area (Å²) in [5, 5.41) is 0. The highest BCUT2D eigenvalue weighted by Crippen LogP contribution is 2.43. The molecule has 0 heterocycles. The van der Waals surface area contributed by atoms with E-state index >= 15 is 0 Å². The second-order valence-corrected chi connectivity index (χ2v) is 16.9. The van der Waals surface area contributed by atoms with Crippen molar-refractivity contribution >= 4 is 13.8 Å². The number of carbonyl (C=O) groups excluding carboxylic acids is 1. The molecule has 0 aliphatic carbocycles. The van der Waals surface area contributed by atoms with E-state index in [-0.39, 0.29) is 25.8 Å². The first-order chi connectivity index (χ1) is 24.6. The van der Waals surface area contributed by atoms with E-state index in [1.165, 1.54) is 122 Å². The largest absolute Gasteiger partial charge is 0.498 e.